The van der Waals surface area contributed by atoms with Gasteiger partial charge in [0.1, 0.15) is 12.1 Å². The highest BCUT2D eigenvalue weighted by Crippen LogP contribution is 2.05. The van der Waals surface area contributed by atoms with Gasteiger partial charge >= 0.3 is 11.9 Å². The summed E-state index contributed by atoms with van der Waals surface area (Å²) in [5, 5.41) is 2.91. The highest BCUT2D eigenvalue weighted by molar-refractivity contribution is 5.83. The minimum absolute atomic E-state index is 0.0298. The zero-order valence-electron chi connectivity index (χ0n) is 7.70. The first-order valence-corrected chi connectivity index (χ1v) is 4.14. The van der Waals surface area contributed by atoms with Gasteiger partial charge in [0, 0.05) is 6.54 Å². The van der Waals surface area contributed by atoms with Crippen LogP contribution >= 0.6 is 0 Å². The van der Waals surface area contributed by atoms with Gasteiger partial charge in [0.2, 0.25) is 0 Å². The number of methoxy groups -OCH3 is 1. The second kappa shape index (κ2) is 4.23. The maximum absolute atomic E-state index is 11.2. The molecule has 1 aliphatic heterocycles. The molecule has 1 heterocycles. The van der Waals surface area contributed by atoms with Gasteiger partial charge in [-0.2, -0.15) is 0 Å². The summed E-state index contributed by atoms with van der Waals surface area (Å²) in [4.78, 5) is 22.0. The minimum atomic E-state index is -0.552. The fraction of sp³-hybridized carbons (Fsp3) is 0.750. The van der Waals surface area contributed by atoms with Crippen LogP contribution in [0.25, 0.3) is 0 Å². The Hall–Kier alpha value is -1.10. The molecular formula is C8H13NO4. The Balaban J connectivity index is 2.42. The average Bonchev–Trinajstić information content (AvgIpc) is 2.09. The predicted molar refractivity (Wildman–Crippen MR) is 44.0 cm³/mol. The number of ether oxygens (including phenoxy) is 2. The molecule has 0 aliphatic carbocycles. The summed E-state index contributed by atoms with van der Waals surface area (Å²) in [7, 11) is 1.29. The van der Waals surface area contributed by atoms with E-state index in [9.17, 15) is 9.59 Å². The van der Waals surface area contributed by atoms with Gasteiger partial charge in [-0.05, 0) is 6.92 Å². The molecule has 13 heavy (non-hydrogen) atoms. The third-order valence-corrected chi connectivity index (χ3v) is 1.85. The SMILES string of the molecule is COC(=O)CC1NCC(C)OC1=O. The molecule has 0 spiro atoms. The molecule has 1 rings (SSSR count). The van der Waals surface area contributed by atoms with Crippen molar-refractivity contribution in [2.45, 2.75) is 25.5 Å². The molecule has 1 N–H and O–H groups in total. The highest BCUT2D eigenvalue weighted by atomic mass is 16.5. The Morgan fingerprint density at radius 2 is 2.46 bits per heavy atom. The lowest BCUT2D eigenvalue weighted by molar-refractivity contribution is -0.159. The Bertz CT molecular complexity index is 216. The smallest absolute Gasteiger partial charge is 0.324 e. The standard InChI is InChI=1S/C8H13NO4/c1-5-4-9-6(8(11)13-5)3-7(10)12-2/h5-6,9H,3-4H2,1-2H3. The van der Waals surface area contributed by atoms with Crippen molar-refractivity contribution in [1.29, 1.82) is 0 Å². The van der Waals surface area contributed by atoms with Gasteiger partial charge in [-0.1, -0.05) is 0 Å². The van der Waals surface area contributed by atoms with Gasteiger partial charge in [-0.3, -0.25) is 9.59 Å². The van der Waals surface area contributed by atoms with Crippen molar-refractivity contribution in [3.05, 3.63) is 0 Å². The molecule has 2 unspecified atom stereocenters. The lowest BCUT2D eigenvalue weighted by atomic mass is 10.1. The predicted octanol–water partition coefficient (Wildman–Crippen LogP) is -0.547. The van der Waals surface area contributed by atoms with E-state index in [-0.39, 0.29) is 18.5 Å². The number of rotatable bonds is 2. The molecule has 1 saturated heterocycles. The van der Waals surface area contributed by atoms with Crippen molar-refractivity contribution in [3.8, 4) is 0 Å². The van der Waals surface area contributed by atoms with Crippen molar-refractivity contribution in [3.63, 3.8) is 0 Å². The highest BCUT2D eigenvalue weighted by Gasteiger charge is 2.29. The number of carbonyl (C=O) groups is 2. The first-order valence-electron chi connectivity index (χ1n) is 4.14. The van der Waals surface area contributed by atoms with E-state index < -0.39 is 12.0 Å². The summed E-state index contributed by atoms with van der Waals surface area (Å²) in [6.07, 6.45) is -0.0939. The van der Waals surface area contributed by atoms with Crippen molar-refractivity contribution in [2.24, 2.45) is 0 Å². The fourth-order valence-electron chi connectivity index (χ4n) is 1.12. The minimum Gasteiger partial charge on any atom is -0.469 e. The third kappa shape index (κ3) is 2.69. The first-order chi connectivity index (χ1) is 6.13. The summed E-state index contributed by atoms with van der Waals surface area (Å²) in [6.45, 7) is 2.37. The van der Waals surface area contributed by atoms with Gasteiger partial charge < -0.3 is 14.8 Å². The number of esters is 2. The van der Waals surface area contributed by atoms with E-state index in [4.69, 9.17) is 4.74 Å². The maximum Gasteiger partial charge on any atom is 0.324 e. The lowest BCUT2D eigenvalue weighted by Gasteiger charge is -2.26. The zero-order chi connectivity index (χ0) is 9.84. The largest absolute Gasteiger partial charge is 0.469 e. The molecule has 74 valence electrons. The number of hydrogen-bond donors (Lipinski definition) is 1. The molecule has 2 atom stereocenters. The number of nitrogens with one attached hydrogen (secondary N) is 1. The average molecular weight is 187 g/mol. The molecule has 0 aromatic heterocycles. The summed E-state index contributed by atoms with van der Waals surface area (Å²) < 4.78 is 9.38. The second-order valence-corrected chi connectivity index (χ2v) is 2.99. The van der Waals surface area contributed by atoms with Crippen LogP contribution in [-0.2, 0) is 19.1 Å². The summed E-state index contributed by atoms with van der Waals surface area (Å²) in [5.41, 5.74) is 0. The zero-order valence-corrected chi connectivity index (χ0v) is 7.70. The molecule has 0 saturated carbocycles. The van der Waals surface area contributed by atoms with Crippen LogP contribution in [-0.4, -0.2) is 37.7 Å². The Morgan fingerprint density at radius 1 is 1.77 bits per heavy atom. The monoisotopic (exact) mass is 187 g/mol. The summed E-state index contributed by atoms with van der Waals surface area (Å²) in [5.74, 6) is -0.798. The van der Waals surface area contributed by atoms with E-state index in [1.807, 2.05) is 0 Å². The van der Waals surface area contributed by atoms with Crippen LogP contribution in [0.5, 0.6) is 0 Å². The Morgan fingerprint density at radius 3 is 3.00 bits per heavy atom. The van der Waals surface area contributed by atoms with Crippen LogP contribution in [0.4, 0.5) is 0 Å². The normalized spacial score (nSPS) is 28.0. The van der Waals surface area contributed by atoms with Crippen molar-refractivity contribution >= 4 is 11.9 Å². The van der Waals surface area contributed by atoms with Gasteiger partial charge in [0.15, 0.2) is 0 Å². The fourth-order valence-corrected chi connectivity index (χ4v) is 1.12. The van der Waals surface area contributed by atoms with Gasteiger partial charge in [0.25, 0.3) is 0 Å². The van der Waals surface area contributed by atoms with Gasteiger partial charge in [0.05, 0.1) is 13.5 Å². The molecule has 0 radical (unpaired) electrons. The number of carbonyl (C=O) groups excluding carboxylic acids is 2. The molecule has 0 amide bonds. The topological polar surface area (TPSA) is 64.6 Å². The van der Waals surface area contributed by atoms with E-state index in [0.717, 1.165) is 0 Å². The summed E-state index contributed by atoms with van der Waals surface area (Å²) >= 11 is 0. The number of cyclic esters (lactones) is 1. The van der Waals surface area contributed by atoms with Crippen LogP contribution in [0.15, 0.2) is 0 Å². The molecule has 0 aromatic carbocycles. The third-order valence-electron chi connectivity index (χ3n) is 1.85. The maximum atomic E-state index is 11.2. The van der Waals surface area contributed by atoms with Crippen molar-refractivity contribution in [2.75, 3.05) is 13.7 Å². The van der Waals surface area contributed by atoms with Crippen molar-refractivity contribution in [1.82, 2.24) is 5.32 Å². The van der Waals surface area contributed by atoms with Crippen LogP contribution < -0.4 is 5.32 Å². The van der Waals surface area contributed by atoms with E-state index in [2.05, 4.69) is 10.1 Å². The summed E-state index contributed by atoms with van der Waals surface area (Å²) in [6, 6.07) is -0.552. The second-order valence-electron chi connectivity index (χ2n) is 2.99. The molecule has 5 heteroatoms. The van der Waals surface area contributed by atoms with E-state index in [1.165, 1.54) is 7.11 Å². The molecule has 1 fully saturated rings. The molecule has 0 bridgehead atoms. The van der Waals surface area contributed by atoms with Crippen LogP contribution in [0.2, 0.25) is 0 Å². The van der Waals surface area contributed by atoms with Crippen LogP contribution in [0.1, 0.15) is 13.3 Å². The van der Waals surface area contributed by atoms with Crippen LogP contribution in [0.3, 0.4) is 0 Å². The van der Waals surface area contributed by atoms with Gasteiger partial charge in [-0.15, -0.1) is 0 Å². The molecular weight excluding hydrogens is 174 g/mol. The van der Waals surface area contributed by atoms with Crippen LogP contribution in [0, 0.1) is 0 Å². The Kier molecular flexibility index (Phi) is 3.25. The van der Waals surface area contributed by atoms with E-state index in [0.29, 0.717) is 6.54 Å². The number of morpholine rings is 1. The number of hydrogen-bond acceptors (Lipinski definition) is 5. The Labute approximate surface area is 76.4 Å². The first kappa shape index (κ1) is 9.98. The lowest BCUT2D eigenvalue weighted by Crippen LogP contribution is -2.49. The van der Waals surface area contributed by atoms with Crippen molar-refractivity contribution < 1.29 is 19.1 Å². The molecule has 5 nitrogen and oxygen atoms in total. The van der Waals surface area contributed by atoms with Gasteiger partial charge in [-0.25, -0.2) is 0 Å². The quantitative estimate of drug-likeness (QED) is 0.588. The molecule has 0 aromatic rings. The van der Waals surface area contributed by atoms with E-state index >= 15 is 0 Å². The van der Waals surface area contributed by atoms with E-state index in [1.54, 1.807) is 6.92 Å². The molecule has 1 aliphatic rings.